The predicted molar refractivity (Wildman–Crippen MR) is 77.7 cm³/mol. The van der Waals surface area contributed by atoms with Gasteiger partial charge in [-0.3, -0.25) is 4.79 Å². The molecule has 5 nitrogen and oxygen atoms in total. The molecule has 20 heavy (non-hydrogen) atoms. The zero-order valence-corrected chi connectivity index (χ0v) is 12.3. The normalized spacial score (nSPS) is 12.2. The molecule has 0 aliphatic rings. The topological polar surface area (TPSA) is 81.2 Å². The van der Waals surface area contributed by atoms with Gasteiger partial charge in [-0.05, 0) is 39.0 Å². The fraction of sp³-hybridized carbons (Fsp3) is 0.286. The van der Waals surface area contributed by atoms with E-state index < -0.39 is 0 Å². The van der Waals surface area contributed by atoms with Crippen LogP contribution in [0.4, 0.5) is 5.69 Å². The molecule has 1 unspecified atom stereocenters. The molecule has 0 radical (unpaired) electrons. The van der Waals surface area contributed by atoms with Gasteiger partial charge in [-0.2, -0.15) is 0 Å². The smallest absolute Gasteiger partial charge is 0.251 e. The van der Waals surface area contributed by atoms with E-state index in [2.05, 4.69) is 10.5 Å². The van der Waals surface area contributed by atoms with Crippen LogP contribution in [0.1, 0.15) is 40.3 Å². The van der Waals surface area contributed by atoms with Gasteiger partial charge in [0.25, 0.3) is 5.91 Å². The number of nitrogen functional groups attached to an aromatic ring is 1. The summed E-state index contributed by atoms with van der Waals surface area (Å²) in [6.07, 6.45) is 0. The lowest BCUT2D eigenvalue weighted by molar-refractivity contribution is 0.0939. The summed E-state index contributed by atoms with van der Waals surface area (Å²) in [5.74, 6) is 0.451. The van der Waals surface area contributed by atoms with E-state index in [0.717, 1.165) is 11.3 Å². The number of anilines is 1. The standard InChI is InChI=1S/C14H16ClN3O2/c1-7(13-8(2)18-20-9(13)3)17-14(19)10-4-11(15)6-12(16)5-10/h4-7H,16H2,1-3H3,(H,17,19). The van der Waals surface area contributed by atoms with Crippen molar-refractivity contribution < 1.29 is 9.32 Å². The molecule has 0 aliphatic carbocycles. The van der Waals surface area contributed by atoms with Crippen molar-refractivity contribution in [3.05, 3.63) is 45.8 Å². The van der Waals surface area contributed by atoms with Crippen LogP contribution in [0.25, 0.3) is 0 Å². The minimum Gasteiger partial charge on any atom is -0.399 e. The molecule has 0 saturated carbocycles. The van der Waals surface area contributed by atoms with Crippen LogP contribution in [0, 0.1) is 13.8 Å². The molecule has 1 heterocycles. The van der Waals surface area contributed by atoms with Gasteiger partial charge in [-0.1, -0.05) is 16.8 Å². The highest BCUT2D eigenvalue weighted by Gasteiger charge is 2.19. The number of amides is 1. The highest BCUT2D eigenvalue weighted by atomic mass is 35.5. The monoisotopic (exact) mass is 293 g/mol. The lowest BCUT2D eigenvalue weighted by atomic mass is 10.1. The van der Waals surface area contributed by atoms with Crippen LogP contribution in [0.2, 0.25) is 5.02 Å². The minimum absolute atomic E-state index is 0.214. The third-order valence-electron chi connectivity index (χ3n) is 3.05. The molecule has 6 heteroatoms. The number of carbonyl (C=O) groups is 1. The van der Waals surface area contributed by atoms with E-state index in [4.69, 9.17) is 21.9 Å². The molecule has 0 bridgehead atoms. The Hall–Kier alpha value is -2.01. The summed E-state index contributed by atoms with van der Waals surface area (Å²) in [5, 5.41) is 7.19. The summed E-state index contributed by atoms with van der Waals surface area (Å²) in [6.45, 7) is 5.53. The minimum atomic E-state index is -0.244. The van der Waals surface area contributed by atoms with Gasteiger partial charge >= 0.3 is 0 Å². The number of hydrogen-bond donors (Lipinski definition) is 2. The third-order valence-corrected chi connectivity index (χ3v) is 3.27. The summed E-state index contributed by atoms with van der Waals surface area (Å²) in [6, 6.07) is 4.54. The molecule has 1 aromatic heterocycles. The van der Waals surface area contributed by atoms with Crippen molar-refractivity contribution >= 4 is 23.2 Å². The van der Waals surface area contributed by atoms with Crippen LogP contribution < -0.4 is 11.1 Å². The fourth-order valence-corrected chi connectivity index (χ4v) is 2.45. The highest BCUT2D eigenvalue weighted by molar-refractivity contribution is 6.31. The van der Waals surface area contributed by atoms with Crippen LogP contribution in [-0.2, 0) is 0 Å². The van der Waals surface area contributed by atoms with Gasteiger partial charge in [0.15, 0.2) is 0 Å². The number of benzene rings is 1. The number of aromatic nitrogens is 1. The van der Waals surface area contributed by atoms with E-state index in [0.29, 0.717) is 22.0 Å². The second-order valence-corrected chi connectivity index (χ2v) is 5.14. The van der Waals surface area contributed by atoms with Gasteiger partial charge in [0.2, 0.25) is 0 Å². The van der Waals surface area contributed by atoms with Crippen molar-refractivity contribution in [2.75, 3.05) is 5.73 Å². The maximum Gasteiger partial charge on any atom is 0.251 e. The van der Waals surface area contributed by atoms with Crippen molar-refractivity contribution in [1.29, 1.82) is 0 Å². The van der Waals surface area contributed by atoms with E-state index in [-0.39, 0.29) is 11.9 Å². The number of rotatable bonds is 3. The van der Waals surface area contributed by atoms with Crippen molar-refractivity contribution in [2.45, 2.75) is 26.8 Å². The van der Waals surface area contributed by atoms with Crippen LogP contribution in [0.15, 0.2) is 22.7 Å². The van der Waals surface area contributed by atoms with Gasteiger partial charge in [0.05, 0.1) is 11.7 Å². The van der Waals surface area contributed by atoms with Gasteiger partial charge in [0.1, 0.15) is 5.76 Å². The SMILES string of the molecule is Cc1noc(C)c1C(C)NC(=O)c1cc(N)cc(Cl)c1. The number of carbonyl (C=O) groups excluding carboxylic acids is 1. The summed E-state index contributed by atoms with van der Waals surface area (Å²) < 4.78 is 5.10. The number of nitrogens with two attached hydrogens (primary N) is 1. The first-order valence-corrected chi connectivity index (χ1v) is 6.56. The van der Waals surface area contributed by atoms with Crippen molar-refractivity contribution in [1.82, 2.24) is 10.5 Å². The van der Waals surface area contributed by atoms with E-state index in [9.17, 15) is 4.79 Å². The quantitative estimate of drug-likeness (QED) is 0.852. The molecule has 2 aromatic rings. The maximum absolute atomic E-state index is 12.2. The van der Waals surface area contributed by atoms with E-state index >= 15 is 0 Å². The Kier molecular flexibility index (Phi) is 3.99. The van der Waals surface area contributed by atoms with Crippen molar-refractivity contribution in [3.63, 3.8) is 0 Å². The Morgan fingerprint density at radius 3 is 2.65 bits per heavy atom. The predicted octanol–water partition coefficient (Wildman–Crippen LogP) is 3.02. The Balaban J connectivity index is 2.19. The first kappa shape index (κ1) is 14.4. The lowest BCUT2D eigenvalue weighted by Crippen LogP contribution is -2.27. The van der Waals surface area contributed by atoms with Crippen LogP contribution in [0.5, 0.6) is 0 Å². The molecule has 0 spiro atoms. The van der Waals surface area contributed by atoms with Crippen LogP contribution in [0.3, 0.4) is 0 Å². The van der Waals surface area contributed by atoms with Crippen molar-refractivity contribution in [3.8, 4) is 0 Å². The number of nitrogens with zero attached hydrogens (tertiary/aromatic N) is 1. The first-order chi connectivity index (χ1) is 9.38. The van der Waals surface area contributed by atoms with Crippen LogP contribution in [-0.4, -0.2) is 11.1 Å². The molecule has 0 aliphatic heterocycles. The number of hydrogen-bond acceptors (Lipinski definition) is 4. The van der Waals surface area contributed by atoms with E-state index in [1.54, 1.807) is 18.2 Å². The zero-order valence-electron chi connectivity index (χ0n) is 11.5. The molecule has 2 rings (SSSR count). The Bertz CT molecular complexity index is 612. The van der Waals surface area contributed by atoms with Gasteiger partial charge in [0, 0.05) is 21.8 Å². The summed E-state index contributed by atoms with van der Waals surface area (Å²) in [5.41, 5.74) is 8.21. The van der Waals surface area contributed by atoms with E-state index in [1.807, 2.05) is 20.8 Å². The maximum atomic E-state index is 12.2. The largest absolute Gasteiger partial charge is 0.399 e. The Morgan fingerprint density at radius 1 is 1.40 bits per heavy atom. The molecule has 3 N–H and O–H groups in total. The molecule has 1 aromatic carbocycles. The molecule has 1 amide bonds. The highest BCUT2D eigenvalue weighted by Crippen LogP contribution is 2.22. The average molecular weight is 294 g/mol. The van der Waals surface area contributed by atoms with Gasteiger partial charge in [-0.15, -0.1) is 0 Å². The fourth-order valence-electron chi connectivity index (χ4n) is 2.20. The number of aryl methyl sites for hydroxylation is 2. The molecule has 106 valence electrons. The molecular formula is C14H16ClN3O2. The zero-order chi connectivity index (χ0) is 14.9. The molecular weight excluding hydrogens is 278 g/mol. The average Bonchev–Trinajstić information content (AvgIpc) is 2.67. The number of nitrogens with one attached hydrogen (secondary N) is 1. The van der Waals surface area contributed by atoms with Crippen LogP contribution >= 0.6 is 11.6 Å². The third kappa shape index (κ3) is 2.93. The summed E-state index contributed by atoms with van der Waals surface area (Å²) in [4.78, 5) is 12.2. The molecule has 0 fully saturated rings. The van der Waals surface area contributed by atoms with Crippen molar-refractivity contribution in [2.24, 2.45) is 0 Å². The van der Waals surface area contributed by atoms with E-state index in [1.165, 1.54) is 0 Å². The Morgan fingerprint density at radius 2 is 2.10 bits per heavy atom. The van der Waals surface area contributed by atoms with Gasteiger partial charge < -0.3 is 15.6 Å². The molecule has 1 atom stereocenters. The molecule has 0 saturated heterocycles. The summed E-state index contributed by atoms with van der Waals surface area (Å²) >= 11 is 5.90. The summed E-state index contributed by atoms with van der Waals surface area (Å²) in [7, 11) is 0. The first-order valence-electron chi connectivity index (χ1n) is 6.18. The number of halogens is 1. The lowest BCUT2D eigenvalue weighted by Gasteiger charge is -2.14. The van der Waals surface area contributed by atoms with Gasteiger partial charge in [-0.25, -0.2) is 0 Å². The Labute approximate surface area is 122 Å². The second kappa shape index (κ2) is 5.54. The second-order valence-electron chi connectivity index (χ2n) is 4.71.